The van der Waals surface area contributed by atoms with Crippen molar-refractivity contribution >= 4 is 28.3 Å². The molecule has 0 aliphatic carbocycles. The van der Waals surface area contributed by atoms with Crippen LogP contribution in [0.3, 0.4) is 0 Å². The van der Waals surface area contributed by atoms with Gasteiger partial charge in [0, 0.05) is 18.4 Å². The van der Waals surface area contributed by atoms with E-state index in [-0.39, 0.29) is 17.2 Å². The highest BCUT2D eigenvalue weighted by Gasteiger charge is 2.25. The van der Waals surface area contributed by atoms with Gasteiger partial charge >= 0.3 is 0 Å². The minimum Gasteiger partial charge on any atom is -0.497 e. The van der Waals surface area contributed by atoms with Gasteiger partial charge in [-0.15, -0.1) is 10.2 Å². The second-order valence-electron chi connectivity index (χ2n) is 8.68. The second kappa shape index (κ2) is 10.4. The summed E-state index contributed by atoms with van der Waals surface area (Å²) in [6.07, 6.45) is 0.703. The summed E-state index contributed by atoms with van der Waals surface area (Å²) in [4.78, 5) is 25.6. The van der Waals surface area contributed by atoms with E-state index >= 15 is 0 Å². The van der Waals surface area contributed by atoms with E-state index in [1.165, 1.54) is 11.3 Å². The molecule has 2 N–H and O–H groups in total. The molecule has 0 spiro atoms. The number of benzene rings is 2. The van der Waals surface area contributed by atoms with Gasteiger partial charge < -0.3 is 10.1 Å². The molecule has 3 rings (SSSR count). The number of ether oxygens (including phenoxy) is 1. The van der Waals surface area contributed by atoms with Crippen molar-refractivity contribution < 1.29 is 14.3 Å². The van der Waals surface area contributed by atoms with E-state index in [4.69, 9.17) is 4.74 Å². The Morgan fingerprint density at radius 2 is 1.81 bits per heavy atom. The van der Waals surface area contributed by atoms with Crippen LogP contribution in [0.2, 0.25) is 0 Å². The average Bonchev–Trinajstić information content (AvgIpc) is 3.21. The summed E-state index contributed by atoms with van der Waals surface area (Å²) in [5, 5.41) is 15.0. The fourth-order valence-corrected chi connectivity index (χ4v) is 3.87. The third-order valence-electron chi connectivity index (χ3n) is 4.60. The van der Waals surface area contributed by atoms with Crippen molar-refractivity contribution in [1.82, 2.24) is 15.5 Å². The van der Waals surface area contributed by atoms with Gasteiger partial charge in [-0.05, 0) is 23.1 Å². The van der Waals surface area contributed by atoms with Crippen LogP contribution in [-0.2, 0) is 16.0 Å². The van der Waals surface area contributed by atoms with Crippen LogP contribution < -0.4 is 15.4 Å². The number of anilines is 1. The van der Waals surface area contributed by atoms with Crippen molar-refractivity contribution in [3.05, 3.63) is 60.2 Å². The van der Waals surface area contributed by atoms with Crippen LogP contribution >= 0.6 is 11.3 Å². The fraction of sp³-hybridized carbons (Fsp3) is 0.333. The van der Waals surface area contributed by atoms with Gasteiger partial charge in [0.2, 0.25) is 16.9 Å². The van der Waals surface area contributed by atoms with Gasteiger partial charge in [-0.25, -0.2) is 0 Å². The smallest absolute Gasteiger partial charge is 0.249 e. The normalized spacial score (nSPS) is 12.1. The van der Waals surface area contributed by atoms with Crippen molar-refractivity contribution in [3.8, 4) is 16.3 Å². The van der Waals surface area contributed by atoms with E-state index in [9.17, 15) is 9.59 Å². The predicted molar refractivity (Wildman–Crippen MR) is 127 cm³/mol. The average molecular weight is 453 g/mol. The van der Waals surface area contributed by atoms with Crippen molar-refractivity contribution in [1.29, 1.82) is 0 Å². The van der Waals surface area contributed by atoms with Gasteiger partial charge in [0.15, 0.2) is 0 Å². The van der Waals surface area contributed by atoms with E-state index in [1.54, 1.807) is 7.11 Å². The second-order valence-corrected chi connectivity index (χ2v) is 9.66. The zero-order chi connectivity index (χ0) is 23.1. The molecule has 8 heteroatoms. The Kier molecular flexibility index (Phi) is 7.58. The maximum absolute atomic E-state index is 13.1. The quantitative estimate of drug-likeness (QED) is 0.531. The van der Waals surface area contributed by atoms with E-state index in [1.807, 2.05) is 75.4 Å². The SMILES string of the molecule is COc1cccc(-c2nnc(NC(=O)C(Cc3ccccc3)NC(=O)CC(C)(C)C)s2)c1. The fourth-order valence-electron chi connectivity index (χ4n) is 3.13. The van der Waals surface area contributed by atoms with Crippen LogP contribution in [0.15, 0.2) is 54.6 Å². The minimum atomic E-state index is -0.726. The minimum absolute atomic E-state index is 0.164. The first-order chi connectivity index (χ1) is 15.2. The molecule has 2 aromatic carbocycles. The standard InChI is InChI=1S/C24H28N4O3S/c1-24(2,3)15-20(29)25-19(13-16-9-6-5-7-10-16)21(30)26-23-28-27-22(32-23)17-11-8-12-18(14-17)31-4/h5-12,14,19H,13,15H2,1-4H3,(H,25,29)(H,26,28,30). The zero-order valence-electron chi connectivity index (χ0n) is 18.7. The van der Waals surface area contributed by atoms with Gasteiger partial charge in [-0.2, -0.15) is 0 Å². The topological polar surface area (TPSA) is 93.2 Å². The van der Waals surface area contributed by atoms with Crippen molar-refractivity contribution in [2.24, 2.45) is 5.41 Å². The number of hydrogen-bond donors (Lipinski definition) is 2. The number of amides is 2. The lowest BCUT2D eigenvalue weighted by Crippen LogP contribution is -2.46. The van der Waals surface area contributed by atoms with Crippen molar-refractivity contribution in [3.63, 3.8) is 0 Å². The summed E-state index contributed by atoms with van der Waals surface area (Å²) in [5.74, 6) is 0.222. The first-order valence-corrected chi connectivity index (χ1v) is 11.2. The van der Waals surface area contributed by atoms with E-state index in [0.29, 0.717) is 28.7 Å². The number of carbonyl (C=O) groups is 2. The Labute approximate surface area is 192 Å². The highest BCUT2D eigenvalue weighted by molar-refractivity contribution is 7.18. The Hall–Kier alpha value is -3.26. The molecule has 0 aliphatic heterocycles. The van der Waals surface area contributed by atoms with Gasteiger partial charge in [0.05, 0.1) is 7.11 Å². The molecule has 7 nitrogen and oxygen atoms in total. The molecule has 168 valence electrons. The van der Waals surface area contributed by atoms with Crippen LogP contribution in [0, 0.1) is 5.41 Å². The largest absolute Gasteiger partial charge is 0.497 e. The zero-order valence-corrected chi connectivity index (χ0v) is 19.5. The molecule has 0 fully saturated rings. The number of nitrogens with one attached hydrogen (secondary N) is 2. The Balaban J connectivity index is 1.74. The van der Waals surface area contributed by atoms with Crippen LogP contribution in [-0.4, -0.2) is 35.2 Å². The lowest BCUT2D eigenvalue weighted by atomic mass is 9.91. The van der Waals surface area contributed by atoms with E-state index < -0.39 is 6.04 Å². The number of nitrogens with zero attached hydrogens (tertiary/aromatic N) is 2. The summed E-state index contributed by atoms with van der Waals surface area (Å²) < 4.78 is 5.25. The van der Waals surface area contributed by atoms with Gasteiger partial charge in [0.25, 0.3) is 0 Å². The molecule has 2 amide bonds. The number of methoxy groups -OCH3 is 1. The third kappa shape index (κ3) is 6.88. The first kappa shape index (κ1) is 23.4. The molecular formula is C24H28N4O3S. The molecule has 0 saturated carbocycles. The molecular weight excluding hydrogens is 424 g/mol. The van der Waals surface area contributed by atoms with Crippen LogP contribution in [0.1, 0.15) is 32.8 Å². The summed E-state index contributed by atoms with van der Waals surface area (Å²) >= 11 is 1.26. The van der Waals surface area contributed by atoms with Gasteiger partial charge in [0.1, 0.15) is 16.8 Å². The molecule has 32 heavy (non-hydrogen) atoms. The summed E-state index contributed by atoms with van der Waals surface area (Å²) in [5.41, 5.74) is 1.63. The van der Waals surface area contributed by atoms with Crippen LogP contribution in [0.4, 0.5) is 5.13 Å². The number of aromatic nitrogens is 2. The van der Waals surface area contributed by atoms with Gasteiger partial charge in [-0.1, -0.05) is 74.6 Å². The molecule has 1 aromatic heterocycles. The Morgan fingerprint density at radius 1 is 1.06 bits per heavy atom. The van der Waals surface area contributed by atoms with Crippen molar-refractivity contribution in [2.75, 3.05) is 12.4 Å². The Bertz CT molecular complexity index is 1060. The molecule has 0 saturated heterocycles. The predicted octanol–water partition coefficient (Wildman–Crippen LogP) is 4.32. The molecule has 1 heterocycles. The maximum atomic E-state index is 13.1. The summed E-state index contributed by atoms with van der Waals surface area (Å²) in [6.45, 7) is 5.96. The number of carbonyl (C=O) groups excluding carboxylic acids is 2. The lowest BCUT2D eigenvalue weighted by molar-refractivity contribution is -0.127. The lowest BCUT2D eigenvalue weighted by Gasteiger charge is -2.22. The summed E-state index contributed by atoms with van der Waals surface area (Å²) in [6, 6.07) is 16.4. The molecule has 1 atom stereocenters. The van der Waals surface area contributed by atoms with Crippen LogP contribution in [0.25, 0.3) is 10.6 Å². The van der Waals surface area contributed by atoms with Crippen LogP contribution in [0.5, 0.6) is 5.75 Å². The first-order valence-electron chi connectivity index (χ1n) is 10.4. The highest BCUT2D eigenvalue weighted by atomic mass is 32.1. The Morgan fingerprint density at radius 3 is 2.50 bits per heavy atom. The molecule has 0 radical (unpaired) electrons. The molecule has 3 aromatic rings. The third-order valence-corrected chi connectivity index (χ3v) is 5.48. The van der Waals surface area contributed by atoms with E-state index in [0.717, 1.165) is 11.1 Å². The molecule has 0 aliphatic rings. The molecule has 0 bridgehead atoms. The molecule has 1 unspecified atom stereocenters. The number of rotatable bonds is 8. The highest BCUT2D eigenvalue weighted by Crippen LogP contribution is 2.29. The van der Waals surface area contributed by atoms with Gasteiger partial charge in [-0.3, -0.25) is 14.9 Å². The monoisotopic (exact) mass is 452 g/mol. The summed E-state index contributed by atoms with van der Waals surface area (Å²) in [7, 11) is 1.60. The number of hydrogen-bond acceptors (Lipinski definition) is 6. The van der Waals surface area contributed by atoms with Crippen molar-refractivity contribution in [2.45, 2.75) is 39.7 Å². The maximum Gasteiger partial charge on any atom is 0.249 e. The van der Waals surface area contributed by atoms with E-state index in [2.05, 4.69) is 20.8 Å².